The highest BCUT2D eigenvalue weighted by molar-refractivity contribution is 9.10. The second-order valence-corrected chi connectivity index (χ2v) is 5.02. The van der Waals surface area contributed by atoms with Gasteiger partial charge in [0.15, 0.2) is 0 Å². The average Bonchev–Trinajstić information content (AvgIpc) is 2.43. The first-order chi connectivity index (χ1) is 9.08. The molecule has 4 nitrogen and oxygen atoms in total. The molecule has 19 heavy (non-hydrogen) atoms. The Morgan fingerprint density at radius 3 is 2.58 bits per heavy atom. The monoisotopic (exact) mass is 320 g/mol. The van der Waals surface area contributed by atoms with Gasteiger partial charge in [-0.25, -0.2) is 0 Å². The molecule has 0 N–H and O–H groups in total. The fraction of sp³-hybridized carbons (Fsp3) is 0.143. The molecule has 0 aliphatic carbocycles. The summed E-state index contributed by atoms with van der Waals surface area (Å²) in [6, 6.07) is 12.4. The zero-order chi connectivity index (χ0) is 13.8. The summed E-state index contributed by atoms with van der Waals surface area (Å²) in [5.74, 6) is -0.147. The van der Waals surface area contributed by atoms with Gasteiger partial charge in [-0.1, -0.05) is 18.2 Å². The molecular formula is C14H13BrN2O2. The molecule has 5 heteroatoms. The first-order valence-electron chi connectivity index (χ1n) is 5.75. The highest BCUT2D eigenvalue weighted by Crippen LogP contribution is 2.12. The van der Waals surface area contributed by atoms with Crippen molar-refractivity contribution in [3.63, 3.8) is 0 Å². The van der Waals surface area contributed by atoms with Crippen LogP contribution >= 0.6 is 15.9 Å². The van der Waals surface area contributed by atoms with E-state index in [2.05, 4.69) is 15.9 Å². The predicted molar refractivity (Wildman–Crippen MR) is 78.3 cm³/mol. The van der Waals surface area contributed by atoms with Gasteiger partial charge < -0.3 is 9.47 Å². The van der Waals surface area contributed by atoms with E-state index < -0.39 is 0 Å². The van der Waals surface area contributed by atoms with Crippen LogP contribution in [0.1, 0.15) is 0 Å². The van der Waals surface area contributed by atoms with E-state index in [0.29, 0.717) is 0 Å². The molecule has 0 saturated heterocycles. The molecule has 0 atom stereocenters. The maximum Gasteiger partial charge on any atom is 0.251 e. The molecule has 0 saturated carbocycles. The summed E-state index contributed by atoms with van der Waals surface area (Å²) in [5.41, 5.74) is 0.605. The number of pyridine rings is 1. The number of carbonyl (C=O) groups excluding carboxylic acids is 1. The van der Waals surface area contributed by atoms with Crippen LogP contribution in [0.2, 0.25) is 0 Å². The molecule has 0 fully saturated rings. The molecule has 0 bridgehead atoms. The molecule has 98 valence electrons. The highest BCUT2D eigenvalue weighted by Gasteiger charge is 2.11. The van der Waals surface area contributed by atoms with Crippen molar-refractivity contribution in [1.29, 1.82) is 0 Å². The molecule has 0 spiro atoms. The number of benzene rings is 1. The predicted octanol–water partition coefficient (Wildman–Crippen LogP) is 2.27. The van der Waals surface area contributed by atoms with Gasteiger partial charge in [0, 0.05) is 29.5 Å². The fourth-order valence-corrected chi connectivity index (χ4v) is 2.05. The van der Waals surface area contributed by atoms with Crippen LogP contribution in [0.25, 0.3) is 0 Å². The van der Waals surface area contributed by atoms with Crippen LogP contribution in [-0.2, 0) is 11.3 Å². The highest BCUT2D eigenvalue weighted by atomic mass is 79.9. The summed E-state index contributed by atoms with van der Waals surface area (Å²) in [4.78, 5) is 25.3. The van der Waals surface area contributed by atoms with Crippen LogP contribution in [-0.4, -0.2) is 17.5 Å². The first-order valence-corrected chi connectivity index (χ1v) is 6.55. The van der Waals surface area contributed by atoms with Crippen molar-refractivity contribution in [2.24, 2.45) is 0 Å². The van der Waals surface area contributed by atoms with E-state index >= 15 is 0 Å². The van der Waals surface area contributed by atoms with E-state index in [1.807, 2.05) is 30.3 Å². The smallest absolute Gasteiger partial charge is 0.251 e. The van der Waals surface area contributed by atoms with Crippen LogP contribution in [0.5, 0.6) is 0 Å². The lowest BCUT2D eigenvalue weighted by molar-refractivity contribution is -0.118. The molecule has 1 aromatic carbocycles. The Labute approximate surface area is 119 Å². The number of para-hydroxylation sites is 1. The molecule has 0 radical (unpaired) electrons. The second-order valence-electron chi connectivity index (χ2n) is 4.10. The number of likely N-dealkylation sites (N-methyl/N-ethyl adjacent to an activating group) is 1. The minimum absolute atomic E-state index is 0.0175. The largest absolute Gasteiger partial charge is 0.314 e. The van der Waals surface area contributed by atoms with Crippen molar-refractivity contribution in [1.82, 2.24) is 4.57 Å². The van der Waals surface area contributed by atoms with E-state index in [-0.39, 0.29) is 18.0 Å². The zero-order valence-corrected chi connectivity index (χ0v) is 12.0. The third-order valence-electron chi connectivity index (χ3n) is 2.77. The van der Waals surface area contributed by atoms with E-state index in [0.717, 1.165) is 10.2 Å². The van der Waals surface area contributed by atoms with E-state index in [4.69, 9.17) is 0 Å². The lowest BCUT2D eigenvalue weighted by atomic mass is 10.3. The van der Waals surface area contributed by atoms with Crippen LogP contribution in [0, 0.1) is 0 Å². The van der Waals surface area contributed by atoms with E-state index in [1.54, 1.807) is 19.3 Å². The van der Waals surface area contributed by atoms with Crippen molar-refractivity contribution in [2.75, 3.05) is 11.9 Å². The van der Waals surface area contributed by atoms with Crippen LogP contribution < -0.4 is 10.5 Å². The average molecular weight is 321 g/mol. The Morgan fingerprint density at radius 2 is 1.89 bits per heavy atom. The van der Waals surface area contributed by atoms with Gasteiger partial charge >= 0.3 is 0 Å². The zero-order valence-electron chi connectivity index (χ0n) is 10.4. The van der Waals surface area contributed by atoms with Gasteiger partial charge in [0.25, 0.3) is 5.56 Å². The number of nitrogens with zero attached hydrogens (tertiary/aromatic N) is 2. The van der Waals surface area contributed by atoms with E-state index in [9.17, 15) is 9.59 Å². The molecule has 1 amide bonds. The first kappa shape index (κ1) is 13.5. The minimum atomic E-state index is -0.196. The summed E-state index contributed by atoms with van der Waals surface area (Å²) in [5, 5.41) is 0. The number of rotatable bonds is 3. The SMILES string of the molecule is CN(C(=O)Cn1cc(Br)ccc1=O)c1ccccc1. The number of anilines is 1. The van der Waals surface area contributed by atoms with Crippen LogP contribution in [0.4, 0.5) is 5.69 Å². The van der Waals surface area contributed by atoms with Gasteiger partial charge in [-0.15, -0.1) is 0 Å². The third-order valence-corrected chi connectivity index (χ3v) is 3.24. The quantitative estimate of drug-likeness (QED) is 0.870. The lowest BCUT2D eigenvalue weighted by Gasteiger charge is -2.17. The number of hydrogen-bond acceptors (Lipinski definition) is 2. The standard InChI is InChI=1S/C14H13BrN2O2/c1-16(12-5-3-2-4-6-12)14(19)10-17-9-11(15)7-8-13(17)18/h2-9H,10H2,1H3. The number of amides is 1. The van der Waals surface area contributed by atoms with Gasteiger partial charge in [0.2, 0.25) is 5.91 Å². The summed E-state index contributed by atoms with van der Waals surface area (Å²) < 4.78 is 2.15. The molecule has 0 unspecified atom stereocenters. The van der Waals surface area contributed by atoms with Crippen molar-refractivity contribution in [3.8, 4) is 0 Å². The normalized spacial score (nSPS) is 10.2. The molecule has 0 aliphatic heterocycles. The third kappa shape index (κ3) is 3.32. The summed E-state index contributed by atoms with van der Waals surface area (Å²) in [6.07, 6.45) is 1.61. The maximum atomic E-state index is 12.1. The van der Waals surface area contributed by atoms with Gasteiger partial charge in [-0.05, 0) is 34.1 Å². The van der Waals surface area contributed by atoms with Crippen molar-refractivity contribution >= 4 is 27.5 Å². The Hall–Kier alpha value is -1.88. The molecule has 2 aromatic rings. The summed E-state index contributed by atoms with van der Waals surface area (Å²) in [7, 11) is 1.70. The summed E-state index contributed by atoms with van der Waals surface area (Å²) >= 11 is 3.28. The Kier molecular flexibility index (Phi) is 4.16. The van der Waals surface area contributed by atoms with Crippen molar-refractivity contribution < 1.29 is 4.79 Å². The summed E-state index contributed by atoms with van der Waals surface area (Å²) in [6.45, 7) is 0.0175. The molecule has 1 heterocycles. The lowest BCUT2D eigenvalue weighted by Crippen LogP contribution is -2.33. The van der Waals surface area contributed by atoms with Gasteiger partial charge in [0.1, 0.15) is 6.54 Å². The van der Waals surface area contributed by atoms with Gasteiger partial charge in [-0.2, -0.15) is 0 Å². The molecule has 0 aliphatic rings. The molecular weight excluding hydrogens is 308 g/mol. The van der Waals surface area contributed by atoms with Crippen molar-refractivity contribution in [3.05, 3.63) is 63.5 Å². The van der Waals surface area contributed by atoms with Gasteiger partial charge in [0.05, 0.1) is 0 Å². The molecule has 2 rings (SSSR count). The Balaban J connectivity index is 2.17. The van der Waals surface area contributed by atoms with Crippen LogP contribution in [0.3, 0.4) is 0 Å². The fourth-order valence-electron chi connectivity index (χ4n) is 1.67. The van der Waals surface area contributed by atoms with Crippen molar-refractivity contribution in [2.45, 2.75) is 6.54 Å². The number of aromatic nitrogens is 1. The van der Waals surface area contributed by atoms with Gasteiger partial charge in [-0.3, -0.25) is 9.59 Å². The Morgan fingerprint density at radius 1 is 1.21 bits per heavy atom. The minimum Gasteiger partial charge on any atom is -0.314 e. The topological polar surface area (TPSA) is 42.3 Å². The number of halogens is 1. The van der Waals surface area contributed by atoms with Crippen LogP contribution in [0.15, 0.2) is 57.9 Å². The maximum absolute atomic E-state index is 12.1. The second kappa shape index (κ2) is 5.84. The van der Waals surface area contributed by atoms with E-state index in [1.165, 1.54) is 15.5 Å². The molecule has 1 aromatic heterocycles. The number of carbonyl (C=O) groups is 1. The Bertz CT molecular complexity index is 637. The number of hydrogen-bond donors (Lipinski definition) is 0.